The molecule has 1 atom stereocenters. The Hall–Kier alpha value is -2.51. The normalized spacial score (nSPS) is 12.0. The number of amides is 2. The number of nitrogens with zero attached hydrogens (tertiary/aromatic N) is 1. The monoisotopic (exact) mass is 468 g/mol. The lowest BCUT2D eigenvalue weighted by Gasteiger charge is -2.28. The minimum Gasteiger partial charge on any atom is -0.469 e. The van der Waals surface area contributed by atoms with E-state index in [9.17, 15) is 14.4 Å². The largest absolute Gasteiger partial charge is 0.469 e. The highest BCUT2D eigenvalue weighted by Gasteiger charge is 2.25. The molecule has 8 heteroatoms. The molecule has 0 saturated heterocycles. The van der Waals surface area contributed by atoms with Crippen molar-refractivity contribution in [1.29, 1.82) is 0 Å². The fraction of sp³-hybridized carbons (Fsp3) is 0.720. The van der Waals surface area contributed by atoms with Crippen molar-refractivity contribution in [3.8, 4) is 0 Å². The SMILES string of the molecule is CCCCC/C=C\C=C\C(CCCCCCCC(=O)OC)N(NC(=O)OCC)C(=O)OCC. The van der Waals surface area contributed by atoms with Crippen molar-refractivity contribution in [2.45, 2.75) is 97.4 Å². The predicted octanol–water partition coefficient (Wildman–Crippen LogP) is 6.07. The average molecular weight is 469 g/mol. The van der Waals surface area contributed by atoms with E-state index in [0.29, 0.717) is 12.8 Å². The van der Waals surface area contributed by atoms with Gasteiger partial charge in [0, 0.05) is 6.42 Å². The lowest BCUT2D eigenvalue weighted by Crippen LogP contribution is -2.51. The van der Waals surface area contributed by atoms with Crippen LogP contribution in [0.1, 0.15) is 91.4 Å². The summed E-state index contributed by atoms with van der Waals surface area (Å²) in [6, 6.07) is -0.371. The minimum atomic E-state index is -0.693. The molecule has 0 heterocycles. The maximum absolute atomic E-state index is 12.5. The minimum absolute atomic E-state index is 0.182. The number of carbonyl (C=O) groups is 3. The zero-order chi connectivity index (χ0) is 24.7. The number of methoxy groups -OCH3 is 1. The quantitative estimate of drug-likeness (QED) is 0.0915. The Morgan fingerprint density at radius 1 is 0.879 bits per heavy atom. The van der Waals surface area contributed by atoms with Gasteiger partial charge in [0.25, 0.3) is 0 Å². The van der Waals surface area contributed by atoms with Gasteiger partial charge in [-0.2, -0.15) is 0 Å². The fourth-order valence-electron chi connectivity index (χ4n) is 3.16. The van der Waals surface area contributed by atoms with Crippen molar-refractivity contribution in [1.82, 2.24) is 10.4 Å². The number of ether oxygens (including phenoxy) is 3. The molecule has 1 N–H and O–H groups in total. The third kappa shape index (κ3) is 16.7. The van der Waals surface area contributed by atoms with Gasteiger partial charge in [0.2, 0.25) is 0 Å². The molecule has 0 bridgehead atoms. The van der Waals surface area contributed by atoms with Crippen LogP contribution in [-0.4, -0.2) is 49.5 Å². The van der Waals surface area contributed by atoms with Crippen molar-refractivity contribution < 1.29 is 28.6 Å². The van der Waals surface area contributed by atoms with Gasteiger partial charge in [-0.3, -0.25) is 4.79 Å². The summed E-state index contributed by atoms with van der Waals surface area (Å²) in [5.41, 5.74) is 2.52. The fourth-order valence-corrected chi connectivity index (χ4v) is 3.16. The van der Waals surface area contributed by atoms with Gasteiger partial charge in [-0.1, -0.05) is 69.8 Å². The first-order valence-electron chi connectivity index (χ1n) is 12.3. The third-order valence-corrected chi connectivity index (χ3v) is 4.95. The van der Waals surface area contributed by atoms with Gasteiger partial charge < -0.3 is 14.2 Å². The van der Waals surface area contributed by atoms with Gasteiger partial charge in [0.1, 0.15) is 0 Å². The van der Waals surface area contributed by atoms with E-state index < -0.39 is 12.2 Å². The highest BCUT2D eigenvalue weighted by Crippen LogP contribution is 2.14. The first-order chi connectivity index (χ1) is 16.0. The Morgan fingerprint density at radius 2 is 1.58 bits per heavy atom. The predicted molar refractivity (Wildman–Crippen MR) is 130 cm³/mol. The number of unbranched alkanes of at least 4 members (excludes halogenated alkanes) is 7. The van der Waals surface area contributed by atoms with Crippen LogP contribution in [-0.2, 0) is 19.0 Å². The number of allylic oxidation sites excluding steroid dienone is 3. The maximum atomic E-state index is 12.5. The molecule has 0 fully saturated rings. The average Bonchev–Trinajstić information content (AvgIpc) is 2.80. The molecule has 190 valence electrons. The number of nitrogens with one attached hydrogen (secondary N) is 1. The molecule has 0 saturated carbocycles. The first-order valence-corrected chi connectivity index (χ1v) is 12.3. The lowest BCUT2D eigenvalue weighted by molar-refractivity contribution is -0.140. The Bertz CT molecular complexity index is 591. The number of hydrogen-bond donors (Lipinski definition) is 1. The summed E-state index contributed by atoms with van der Waals surface area (Å²) in [5, 5.41) is 1.21. The molecule has 0 aromatic rings. The zero-order valence-electron chi connectivity index (χ0n) is 21.0. The lowest BCUT2D eigenvalue weighted by atomic mass is 10.0. The highest BCUT2D eigenvalue weighted by molar-refractivity contribution is 5.74. The Morgan fingerprint density at radius 3 is 2.24 bits per heavy atom. The number of carbonyl (C=O) groups excluding carboxylic acids is 3. The summed E-state index contributed by atoms with van der Waals surface area (Å²) in [6.07, 6.45) is 16.8. The van der Waals surface area contributed by atoms with Gasteiger partial charge in [0.05, 0.1) is 26.4 Å². The van der Waals surface area contributed by atoms with Crippen LogP contribution < -0.4 is 5.43 Å². The highest BCUT2D eigenvalue weighted by atomic mass is 16.6. The molecule has 33 heavy (non-hydrogen) atoms. The molecule has 0 aliphatic heterocycles. The summed E-state index contributed by atoms with van der Waals surface area (Å²) in [7, 11) is 1.40. The van der Waals surface area contributed by atoms with Gasteiger partial charge in [0.15, 0.2) is 0 Å². The van der Waals surface area contributed by atoms with E-state index in [4.69, 9.17) is 9.47 Å². The summed E-state index contributed by atoms with van der Waals surface area (Å²) in [4.78, 5) is 35.7. The topological polar surface area (TPSA) is 94.2 Å². The first kappa shape index (κ1) is 30.5. The van der Waals surface area contributed by atoms with Crippen molar-refractivity contribution in [3.63, 3.8) is 0 Å². The van der Waals surface area contributed by atoms with E-state index in [0.717, 1.165) is 44.9 Å². The van der Waals surface area contributed by atoms with E-state index >= 15 is 0 Å². The summed E-state index contributed by atoms with van der Waals surface area (Å²) in [5.74, 6) is -0.182. The number of hydrazine groups is 1. The van der Waals surface area contributed by atoms with Gasteiger partial charge >= 0.3 is 18.2 Å². The van der Waals surface area contributed by atoms with Crippen LogP contribution in [0.2, 0.25) is 0 Å². The van der Waals surface area contributed by atoms with Crippen LogP contribution in [0.3, 0.4) is 0 Å². The van der Waals surface area contributed by atoms with Crippen LogP contribution >= 0.6 is 0 Å². The molecular weight excluding hydrogens is 424 g/mol. The molecule has 0 aromatic heterocycles. The molecule has 8 nitrogen and oxygen atoms in total. The van der Waals surface area contributed by atoms with Gasteiger partial charge in [-0.15, -0.1) is 0 Å². The molecule has 0 rings (SSSR count). The molecule has 0 aliphatic rings. The van der Waals surface area contributed by atoms with E-state index in [-0.39, 0.29) is 25.2 Å². The third-order valence-electron chi connectivity index (χ3n) is 4.95. The van der Waals surface area contributed by atoms with E-state index in [2.05, 4.69) is 23.2 Å². The smallest absolute Gasteiger partial charge is 0.429 e. The van der Waals surface area contributed by atoms with Crippen LogP contribution in [0.4, 0.5) is 9.59 Å². The molecule has 0 aliphatic carbocycles. The van der Waals surface area contributed by atoms with E-state index in [1.54, 1.807) is 13.8 Å². The number of rotatable bonds is 17. The number of esters is 1. The molecule has 0 aromatic carbocycles. The van der Waals surface area contributed by atoms with Crippen molar-refractivity contribution >= 4 is 18.2 Å². The molecule has 0 radical (unpaired) electrons. The Labute approximate surface area is 199 Å². The van der Waals surface area contributed by atoms with Crippen molar-refractivity contribution in [2.75, 3.05) is 20.3 Å². The summed E-state index contributed by atoms with van der Waals surface area (Å²) < 4.78 is 14.8. The second-order valence-electron chi connectivity index (χ2n) is 7.66. The molecular formula is C25H44N2O6. The van der Waals surface area contributed by atoms with Crippen molar-refractivity contribution in [2.24, 2.45) is 0 Å². The Kier molecular flexibility index (Phi) is 19.7. The molecule has 0 spiro atoms. The van der Waals surface area contributed by atoms with E-state index in [1.807, 2.05) is 18.2 Å². The van der Waals surface area contributed by atoms with E-state index in [1.165, 1.54) is 25.0 Å². The second-order valence-corrected chi connectivity index (χ2v) is 7.66. The number of hydrogen-bond acceptors (Lipinski definition) is 6. The second kappa shape index (κ2) is 21.3. The molecule has 1 unspecified atom stereocenters. The van der Waals surface area contributed by atoms with Crippen molar-refractivity contribution in [3.05, 3.63) is 24.3 Å². The Balaban J connectivity index is 4.99. The van der Waals surface area contributed by atoms with Crippen LogP contribution in [0, 0.1) is 0 Å². The van der Waals surface area contributed by atoms with Crippen LogP contribution in [0.5, 0.6) is 0 Å². The maximum Gasteiger partial charge on any atom is 0.429 e. The van der Waals surface area contributed by atoms with Gasteiger partial charge in [-0.25, -0.2) is 20.0 Å². The molecule has 2 amide bonds. The standard InChI is InChI=1S/C25H44N2O6/c1-5-8-9-10-11-13-16-19-22(20-17-14-12-15-18-21-23(28)31-4)27(25(30)33-7-3)26-24(29)32-6-2/h11,13,16,19,22H,5-10,12,14-15,17-18,20-21H2,1-4H3,(H,26,29)/b13-11-,19-16+. The summed E-state index contributed by atoms with van der Waals surface area (Å²) in [6.45, 7) is 6.00. The van der Waals surface area contributed by atoms with Gasteiger partial charge in [-0.05, 0) is 39.5 Å². The van der Waals surface area contributed by atoms with Crippen LogP contribution in [0.25, 0.3) is 0 Å². The van der Waals surface area contributed by atoms with Crippen LogP contribution in [0.15, 0.2) is 24.3 Å². The zero-order valence-corrected chi connectivity index (χ0v) is 21.0. The summed E-state index contributed by atoms with van der Waals surface area (Å²) >= 11 is 0.